The Morgan fingerprint density at radius 2 is 1.96 bits per heavy atom. The second kappa shape index (κ2) is 7.48. The SMILES string of the molecule is CCc1ccc2nc(NC(=O)c3ccc(CN4CCCC4=O)cc3)sc2c1. The van der Waals surface area contributed by atoms with Crippen LogP contribution in [0.15, 0.2) is 42.5 Å². The minimum Gasteiger partial charge on any atom is -0.338 e. The van der Waals surface area contributed by atoms with Crippen LogP contribution in [0.1, 0.15) is 41.3 Å². The van der Waals surface area contributed by atoms with Crippen LogP contribution < -0.4 is 5.32 Å². The van der Waals surface area contributed by atoms with E-state index < -0.39 is 0 Å². The number of aryl methyl sites for hydroxylation is 1. The van der Waals surface area contributed by atoms with E-state index in [4.69, 9.17) is 0 Å². The highest BCUT2D eigenvalue weighted by Crippen LogP contribution is 2.27. The largest absolute Gasteiger partial charge is 0.338 e. The van der Waals surface area contributed by atoms with Crippen molar-refractivity contribution in [1.82, 2.24) is 9.88 Å². The van der Waals surface area contributed by atoms with Gasteiger partial charge in [-0.15, -0.1) is 0 Å². The summed E-state index contributed by atoms with van der Waals surface area (Å²) in [5, 5.41) is 3.50. The van der Waals surface area contributed by atoms with Crippen LogP contribution in [0.4, 0.5) is 5.13 Å². The first-order valence-corrected chi connectivity index (χ1v) is 10.0. The van der Waals surface area contributed by atoms with Crippen molar-refractivity contribution in [3.05, 3.63) is 59.2 Å². The molecule has 138 valence electrons. The van der Waals surface area contributed by atoms with E-state index in [2.05, 4.69) is 29.4 Å². The van der Waals surface area contributed by atoms with Crippen LogP contribution in [0, 0.1) is 0 Å². The molecule has 4 rings (SSSR count). The second-order valence-electron chi connectivity index (χ2n) is 6.74. The van der Waals surface area contributed by atoms with Crippen molar-refractivity contribution in [2.45, 2.75) is 32.7 Å². The van der Waals surface area contributed by atoms with Gasteiger partial charge in [-0.05, 0) is 48.2 Å². The Bertz CT molecular complexity index is 994. The van der Waals surface area contributed by atoms with E-state index in [0.717, 1.165) is 35.2 Å². The highest BCUT2D eigenvalue weighted by molar-refractivity contribution is 7.22. The van der Waals surface area contributed by atoms with E-state index in [1.54, 1.807) is 12.1 Å². The molecule has 1 saturated heterocycles. The molecule has 0 bridgehead atoms. The normalized spacial score (nSPS) is 14.1. The molecule has 0 atom stereocenters. The van der Waals surface area contributed by atoms with Gasteiger partial charge in [0.05, 0.1) is 10.2 Å². The second-order valence-corrected chi connectivity index (χ2v) is 7.78. The van der Waals surface area contributed by atoms with E-state index >= 15 is 0 Å². The van der Waals surface area contributed by atoms with E-state index in [9.17, 15) is 9.59 Å². The van der Waals surface area contributed by atoms with Crippen molar-refractivity contribution >= 4 is 38.5 Å². The van der Waals surface area contributed by atoms with Gasteiger partial charge in [0.1, 0.15) is 0 Å². The molecule has 2 aromatic carbocycles. The first-order chi connectivity index (χ1) is 13.1. The molecule has 6 heteroatoms. The molecule has 27 heavy (non-hydrogen) atoms. The summed E-state index contributed by atoms with van der Waals surface area (Å²) in [6.07, 6.45) is 2.55. The number of fused-ring (bicyclic) bond motifs is 1. The zero-order chi connectivity index (χ0) is 18.8. The van der Waals surface area contributed by atoms with Crippen LogP contribution in [-0.4, -0.2) is 28.2 Å². The fourth-order valence-electron chi connectivity index (χ4n) is 3.26. The number of anilines is 1. The van der Waals surface area contributed by atoms with Crippen molar-refractivity contribution in [2.24, 2.45) is 0 Å². The van der Waals surface area contributed by atoms with Crippen LogP contribution in [0.5, 0.6) is 0 Å². The number of thiazole rings is 1. The predicted octanol–water partition coefficient (Wildman–Crippen LogP) is 4.23. The number of benzene rings is 2. The van der Waals surface area contributed by atoms with Gasteiger partial charge in [0.25, 0.3) is 5.91 Å². The van der Waals surface area contributed by atoms with Crippen LogP contribution >= 0.6 is 11.3 Å². The average molecular weight is 379 g/mol. The maximum absolute atomic E-state index is 12.5. The van der Waals surface area contributed by atoms with Gasteiger partial charge in [-0.2, -0.15) is 0 Å². The molecule has 1 N–H and O–H groups in total. The van der Waals surface area contributed by atoms with Gasteiger partial charge in [0, 0.05) is 25.1 Å². The smallest absolute Gasteiger partial charge is 0.257 e. The minimum atomic E-state index is -0.173. The van der Waals surface area contributed by atoms with E-state index in [1.807, 2.05) is 23.1 Å². The Kier molecular flexibility index (Phi) is 4.90. The highest BCUT2D eigenvalue weighted by Gasteiger charge is 2.20. The van der Waals surface area contributed by atoms with Gasteiger partial charge in [-0.3, -0.25) is 14.9 Å². The zero-order valence-corrected chi connectivity index (χ0v) is 16.0. The Morgan fingerprint density at radius 1 is 1.19 bits per heavy atom. The Hall–Kier alpha value is -2.73. The van der Waals surface area contributed by atoms with Crippen LogP contribution in [0.3, 0.4) is 0 Å². The molecule has 0 unspecified atom stereocenters. The number of hydrogen-bond donors (Lipinski definition) is 1. The van der Waals surface area contributed by atoms with E-state index in [1.165, 1.54) is 16.9 Å². The van der Waals surface area contributed by atoms with Gasteiger partial charge < -0.3 is 4.90 Å². The molecule has 0 spiro atoms. The first-order valence-electron chi connectivity index (χ1n) is 9.20. The third-order valence-electron chi connectivity index (χ3n) is 4.84. The van der Waals surface area contributed by atoms with Gasteiger partial charge in [0.15, 0.2) is 5.13 Å². The third-order valence-corrected chi connectivity index (χ3v) is 5.78. The van der Waals surface area contributed by atoms with Crippen LogP contribution in [-0.2, 0) is 17.8 Å². The third kappa shape index (κ3) is 3.85. The molecule has 0 radical (unpaired) electrons. The summed E-state index contributed by atoms with van der Waals surface area (Å²) in [6.45, 7) is 3.55. The summed E-state index contributed by atoms with van der Waals surface area (Å²) in [4.78, 5) is 30.6. The van der Waals surface area contributed by atoms with Gasteiger partial charge in [-0.1, -0.05) is 36.5 Å². The summed E-state index contributed by atoms with van der Waals surface area (Å²) in [7, 11) is 0. The number of amides is 2. The maximum atomic E-state index is 12.5. The molecule has 3 aromatic rings. The number of nitrogens with one attached hydrogen (secondary N) is 1. The number of carbonyl (C=O) groups excluding carboxylic acids is 2. The molecule has 1 fully saturated rings. The molecule has 1 aliphatic heterocycles. The van der Waals surface area contributed by atoms with Crippen molar-refractivity contribution in [3.63, 3.8) is 0 Å². The summed E-state index contributed by atoms with van der Waals surface area (Å²) in [6, 6.07) is 13.6. The molecule has 0 saturated carbocycles. The average Bonchev–Trinajstić information content (AvgIpc) is 3.27. The summed E-state index contributed by atoms with van der Waals surface area (Å²) in [5.41, 5.74) is 3.78. The maximum Gasteiger partial charge on any atom is 0.257 e. The van der Waals surface area contributed by atoms with Crippen molar-refractivity contribution in [1.29, 1.82) is 0 Å². The van der Waals surface area contributed by atoms with Gasteiger partial charge >= 0.3 is 0 Å². The number of hydrogen-bond acceptors (Lipinski definition) is 4. The lowest BCUT2D eigenvalue weighted by Gasteiger charge is -2.15. The van der Waals surface area contributed by atoms with Gasteiger partial charge in [0.2, 0.25) is 5.91 Å². The fraction of sp³-hybridized carbons (Fsp3) is 0.286. The zero-order valence-electron chi connectivity index (χ0n) is 15.2. The lowest BCUT2D eigenvalue weighted by atomic mass is 10.1. The Labute approximate surface area is 162 Å². The molecular formula is C21H21N3O2S. The predicted molar refractivity (Wildman–Crippen MR) is 108 cm³/mol. The fourth-order valence-corrected chi connectivity index (χ4v) is 4.19. The van der Waals surface area contributed by atoms with Crippen molar-refractivity contribution in [2.75, 3.05) is 11.9 Å². The van der Waals surface area contributed by atoms with Crippen molar-refractivity contribution < 1.29 is 9.59 Å². The lowest BCUT2D eigenvalue weighted by molar-refractivity contribution is -0.128. The number of aromatic nitrogens is 1. The molecule has 1 aromatic heterocycles. The number of nitrogens with zero attached hydrogens (tertiary/aromatic N) is 2. The lowest BCUT2D eigenvalue weighted by Crippen LogP contribution is -2.23. The Balaban J connectivity index is 1.44. The van der Waals surface area contributed by atoms with Crippen molar-refractivity contribution in [3.8, 4) is 0 Å². The standard InChI is InChI=1S/C21H21N3O2S/c1-2-14-7-10-17-18(12-14)27-21(22-17)23-20(26)16-8-5-15(6-9-16)13-24-11-3-4-19(24)25/h5-10,12H,2-4,11,13H2,1H3,(H,22,23,26). The first kappa shape index (κ1) is 17.7. The molecule has 0 aliphatic carbocycles. The summed E-state index contributed by atoms with van der Waals surface area (Å²) >= 11 is 1.49. The number of likely N-dealkylation sites (tertiary alicyclic amines) is 1. The summed E-state index contributed by atoms with van der Waals surface area (Å²) in [5.74, 6) is 0.0347. The molecular weight excluding hydrogens is 358 g/mol. The number of carbonyl (C=O) groups is 2. The molecule has 2 amide bonds. The van der Waals surface area contributed by atoms with Crippen LogP contribution in [0.2, 0.25) is 0 Å². The van der Waals surface area contributed by atoms with E-state index in [-0.39, 0.29) is 11.8 Å². The molecule has 5 nitrogen and oxygen atoms in total. The summed E-state index contributed by atoms with van der Waals surface area (Å²) < 4.78 is 1.08. The van der Waals surface area contributed by atoms with Crippen LogP contribution in [0.25, 0.3) is 10.2 Å². The quantitative estimate of drug-likeness (QED) is 0.721. The number of rotatable bonds is 5. The minimum absolute atomic E-state index is 0.173. The van der Waals surface area contributed by atoms with Gasteiger partial charge in [-0.25, -0.2) is 4.98 Å². The monoisotopic (exact) mass is 379 g/mol. The molecule has 2 heterocycles. The topological polar surface area (TPSA) is 62.3 Å². The van der Waals surface area contributed by atoms with E-state index in [0.29, 0.717) is 23.7 Å². The Morgan fingerprint density at radius 3 is 2.67 bits per heavy atom. The highest BCUT2D eigenvalue weighted by atomic mass is 32.1. The molecule has 1 aliphatic rings.